The minimum absolute atomic E-state index is 0.172. The van der Waals surface area contributed by atoms with Crippen molar-refractivity contribution < 1.29 is 13.2 Å². The van der Waals surface area contributed by atoms with E-state index in [1.807, 2.05) is 41.9 Å². The van der Waals surface area contributed by atoms with Gasteiger partial charge in [0.05, 0.1) is 12.1 Å². The van der Waals surface area contributed by atoms with Crippen LogP contribution in [0.5, 0.6) is 0 Å². The number of pyridine rings is 1. The molecule has 6 nitrogen and oxygen atoms in total. The zero-order valence-corrected chi connectivity index (χ0v) is 15.0. The highest BCUT2D eigenvalue weighted by Crippen LogP contribution is 2.33. The van der Waals surface area contributed by atoms with Crippen molar-refractivity contribution in [2.45, 2.75) is 12.7 Å². The second kappa shape index (κ2) is 8.59. The third-order valence-corrected chi connectivity index (χ3v) is 3.84. The summed E-state index contributed by atoms with van der Waals surface area (Å²) in [4.78, 5) is 9.91. The zero-order valence-electron chi connectivity index (χ0n) is 15.0. The number of aliphatic imine (C=N–C) groups is 1. The van der Waals surface area contributed by atoms with Gasteiger partial charge >= 0.3 is 6.18 Å². The summed E-state index contributed by atoms with van der Waals surface area (Å²) in [7, 11) is 5.53. The van der Waals surface area contributed by atoms with Gasteiger partial charge in [0.1, 0.15) is 5.82 Å². The maximum Gasteiger partial charge on any atom is 0.419 e. The largest absolute Gasteiger partial charge is 0.419 e. The van der Waals surface area contributed by atoms with Gasteiger partial charge in [0.2, 0.25) is 0 Å². The molecule has 0 aliphatic rings. The summed E-state index contributed by atoms with van der Waals surface area (Å²) in [5.74, 6) is 0.485. The summed E-state index contributed by atoms with van der Waals surface area (Å²) >= 11 is 0. The standard InChI is InChI=1S/C17H23F3N6/c1-21-16(26(3)12-13-6-5-11-25(13)2)24-10-9-23-15-14(17(18,19)20)7-4-8-22-15/h4-8,11H,9-10,12H2,1-3H3,(H,21,24)(H,22,23). The van der Waals surface area contributed by atoms with Gasteiger partial charge in [0.25, 0.3) is 0 Å². The number of rotatable bonds is 6. The molecule has 2 heterocycles. The maximum atomic E-state index is 12.9. The fraction of sp³-hybridized carbons (Fsp3) is 0.412. The van der Waals surface area contributed by atoms with E-state index in [1.165, 1.54) is 12.3 Å². The lowest BCUT2D eigenvalue weighted by atomic mass is 10.2. The predicted octanol–water partition coefficient (Wildman–Crippen LogP) is 2.56. The second-order valence-corrected chi connectivity index (χ2v) is 5.76. The Kier molecular flexibility index (Phi) is 6.48. The van der Waals surface area contributed by atoms with E-state index in [9.17, 15) is 13.2 Å². The minimum atomic E-state index is -4.44. The molecule has 9 heteroatoms. The minimum Gasteiger partial charge on any atom is -0.368 e. The molecule has 0 aliphatic heterocycles. The van der Waals surface area contributed by atoms with E-state index < -0.39 is 11.7 Å². The molecule has 0 atom stereocenters. The molecule has 2 N–H and O–H groups in total. The van der Waals surface area contributed by atoms with E-state index in [4.69, 9.17) is 0 Å². The van der Waals surface area contributed by atoms with Crippen molar-refractivity contribution in [3.05, 3.63) is 47.9 Å². The lowest BCUT2D eigenvalue weighted by Crippen LogP contribution is -2.40. The van der Waals surface area contributed by atoms with Gasteiger partial charge in [-0.3, -0.25) is 4.99 Å². The number of alkyl halides is 3. The van der Waals surface area contributed by atoms with E-state index in [2.05, 4.69) is 20.6 Å². The predicted molar refractivity (Wildman–Crippen MR) is 96.0 cm³/mol. The fourth-order valence-corrected chi connectivity index (χ4v) is 2.49. The lowest BCUT2D eigenvalue weighted by Gasteiger charge is -2.22. The van der Waals surface area contributed by atoms with Crippen LogP contribution in [0.2, 0.25) is 0 Å². The molecule has 0 amide bonds. The van der Waals surface area contributed by atoms with Crippen LogP contribution in [0.4, 0.5) is 19.0 Å². The summed E-state index contributed by atoms with van der Waals surface area (Å²) in [6.45, 7) is 1.34. The smallest absolute Gasteiger partial charge is 0.368 e. The molecule has 0 bridgehead atoms. The zero-order chi connectivity index (χ0) is 19.2. The van der Waals surface area contributed by atoms with Crippen LogP contribution in [-0.2, 0) is 19.8 Å². The quantitative estimate of drug-likeness (QED) is 0.467. The molecule has 0 spiro atoms. The number of guanidine groups is 1. The lowest BCUT2D eigenvalue weighted by molar-refractivity contribution is -0.137. The van der Waals surface area contributed by atoms with Gasteiger partial charge < -0.3 is 20.1 Å². The first-order chi connectivity index (χ1) is 12.3. The van der Waals surface area contributed by atoms with Gasteiger partial charge in [0.15, 0.2) is 5.96 Å². The molecule has 0 aromatic carbocycles. The van der Waals surface area contributed by atoms with Gasteiger partial charge in [-0.1, -0.05) is 0 Å². The average molecular weight is 368 g/mol. The summed E-state index contributed by atoms with van der Waals surface area (Å²) in [6.07, 6.45) is -1.14. The highest BCUT2D eigenvalue weighted by Gasteiger charge is 2.33. The van der Waals surface area contributed by atoms with Gasteiger partial charge in [-0.05, 0) is 24.3 Å². The number of aromatic nitrogens is 2. The van der Waals surface area contributed by atoms with Crippen LogP contribution in [0.3, 0.4) is 0 Å². The van der Waals surface area contributed by atoms with Crippen molar-refractivity contribution in [2.75, 3.05) is 32.5 Å². The summed E-state index contributed by atoms with van der Waals surface area (Å²) < 4.78 is 40.8. The molecular weight excluding hydrogens is 345 g/mol. The third kappa shape index (κ3) is 5.14. The van der Waals surface area contributed by atoms with Crippen molar-refractivity contribution >= 4 is 11.8 Å². The Balaban J connectivity index is 1.86. The van der Waals surface area contributed by atoms with E-state index >= 15 is 0 Å². The van der Waals surface area contributed by atoms with Crippen molar-refractivity contribution in [1.29, 1.82) is 0 Å². The third-order valence-electron chi connectivity index (χ3n) is 3.84. The Morgan fingerprint density at radius 1 is 1.27 bits per heavy atom. The number of hydrogen-bond donors (Lipinski definition) is 2. The number of hydrogen-bond acceptors (Lipinski definition) is 3. The van der Waals surface area contributed by atoms with E-state index in [-0.39, 0.29) is 12.4 Å². The van der Waals surface area contributed by atoms with Crippen molar-refractivity contribution in [3.8, 4) is 0 Å². The number of aryl methyl sites for hydroxylation is 1. The Hall–Kier alpha value is -2.71. The number of anilines is 1. The van der Waals surface area contributed by atoms with Gasteiger partial charge in [0, 0.05) is 52.3 Å². The first-order valence-electron chi connectivity index (χ1n) is 8.11. The fourth-order valence-electron chi connectivity index (χ4n) is 2.49. The first kappa shape index (κ1) is 19.6. The van der Waals surface area contributed by atoms with Crippen molar-refractivity contribution in [2.24, 2.45) is 12.0 Å². The maximum absolute atomic E-state index is 12.9. The molecule has 0 aliphatic carbocycles. The molecule has 0 saturated heterocycles. The Bertz CT molecular complexity index is 738. The van der Waals surface area contributed by atoms with Crippen LogP contribution >= 0.6 is 0 Å². The van der Waals surface area contributed by atoms with Crippen molar-refractivity contribution in [3.63, 3.8) is 0 Å². The van der Waals surface area contributed by atoms with E-state index in [0.717, 1.165) is 11.8 Å². The van der Waals surface area contributed by atoms with Crippen LogP contribution in [0.25, 0.3) is 0 Å². The molecule has 2 aromatic heterocycles. The average Bonchev–Trinajstić information content (AvgIpc) is 2.99. The summed E-state index contributed by atoms with van der Waals surface area (Å²) in [5.41, 5.74) is 0.349. The van der Waals surface area contributed by atoms with Crippen LogP contribution in [0.15, 0.2) is 41.7 Å². The normalized spacial score (nSPS) is 12.2. The molecular formula is C17H23F3N6. The van der Waals surface area contributed by atoms with Crippen LogP contribution in [0.1, 0.15) is 11.3 Å². The number of nitrogens with zero attached hydrogens (tertiary/aromatic N) is 4. The van der Waals surface area contributed by atoms with Crippen LogP contribution < -0.4 is 10.6 Å². The Morgan fingerprint density at radius 3 is 2.65 bits per heavy atom. The highest BCUT2D eigenvalue weighted by molar-refractivity contribution is 5.79. The monoisotopic (exact) mass is 368 g/mol. The number of halogens is 3. The first-order valence-corrected chi connectivity index (χ1v) is 8.11. The van der Waals surface area contributed by atoms with Gasteiger partial charge in [-0.2, -0.15) is 13.2 Å². The summed E-state index contributed by atoms with van der Waals surface area (Å²) in [5, 5.41) is 5.85. The van der Waals surface area contributed by atoms with Crippen molar-refractivity contribution in [1.82, 2.24) is 19.8 Å². The van der Waals surface area contributed by atoms with Gasteiger partial charge in [-0.25, -0.2) is 4.98 Å². The van der Waals surface area contributed by atoms with Crippen LogP contribution in [-0.4, -0.2) is 47.6 Å². The Morgan fingerprint density at radius 2 is 2.04 bits per heavy atom. The molecule has 0 fully saturated rings. The number of nitrogens with one attached hydrogen (secondary N) is 2. The van der Waals surface area contributed by atoms with E-state index in [1.54, 1.807) is 7.05 Å². The molecule has 0 radical (unpaired) electrons. The topological polar surface area (TPSA) is 57.5 Å². The molecule has 2 aromatic rings. The molecule has 0 unspecified atom stereocenters. The SMILES string of the molecule is CN=C(NCCNc1ncccc1C(F)(F)F)N(C)Cc1cccn1C. The van der Waals surface area contributed by atoms with E-state index in [0.29, 0.717) is 19.0 Å². The molecule has 142 valence electrons. The molecule has 26 heavy (non-hydrogen) atoms. The Labute approximate surface area is 150 Å². The summed E-state index contributed by atoms with van der Waals surface area (Å²) in [6, 6.07) is 6.27. The molecule has 0 saturated carbocycles. The molecule has 2 rings (SSSR count). The highest BCUT2D eigenvalue weighted by atomic mass is 19.4. The van der Waals surface area contributed by atoms with Gasteiger partial charge in [-0.15, -0.1) is 0 Å². The second-order valence-electron chi connectivity index (χ2n) is 5.76. The van der Waals surface area contributed by atoms with Crippen LogP contribution in [0, 0.1) is 0 Å².